The number of allylic oxidation sites excluding steroid dienone is 2. The van der Waals surface area contributed by atoms with Gasteiger partial charge >= 0.3 is 0 Å². The minimum Gasteiger partial charge on any atom is -0.548 e. The maximum atomic E-state index is 12.5. The van der Waals surface area contributed by atoms with E-state index < -0.39 is 12.0 Å². The largest absolute Gasteiger partial charge is 0.548 e. The van der Waals surface area contributed by atoms with E-state index in [0.717, 1.165) is 11.3 Å². The van der Waals surface area contributed by atoms with Gasteiger partial charge in [0, 0.05) is 30.3 Å². The number of rotatable bonds is 4. The summed E-state index contributed by atoms with van der Waals surface area (Å²) in [6.45, 7) is 5.26. The fourth-order valence-corrected chi connectivity index (χ4v) is 3.65. The Kier molecular flexibility index (Phi) is 4.11. The van der Waals surface area contributed by atoms with E-state index in [-0.39, 0.29) is 17.7 Å². The maximum Gasteiger partial charge on any atom is 0.253 e. The molecule has 0 aromatic heterocycles. The van der Waals surface area contributed by atoms with Crippen LogP contribution in [0.4, 0.5) is 5.69 Å². The number of nitrogens with zero attached hydrogens (tertiary/aromatic N) is 1. The molecule has 1 aromatic rings. The summed E-state index contributed by atoms with van der Waals surface area (Å²) in [5.41, 5.74) is 2.43. The third-order valence-corrected chi connectivity index (χ3v) is 4.91. The zero-order chi connectivity index (χ0) is 16.6. The molecule has 0 radical (unpaired) electrons. The standard InChI is InChI=1S/C18H22N2O3/c1-3-20(4-2)17(21)11-8-9-15-14(10-11)12-6-5-7-13(12)16(19-15)18(22)23/h5-6,8-10,12-13,16,19H,3-4,7H2,1-2H3,(H,22,23)/p-1/t12-,13-,16+/m0/s1. The Morgan fingerprint density at radius 3 is 2.70 bits per heavy atom. The SMILES string of the molecule is CCN(CC)C(=O)c1ccc2c(c1)[C@H]1C=CC[C@@H]1[C@H](C(=O)[O-])N2. The van der Waals surface area contributed by atoms with Crippen LogP contribution in [0.2, 0.25) is 0 Å². The molecular formula is C18H21N2O3-. The molecule has 1 amide bonds. The highest BCUT2D eigenvalue weighted by molar-refractivity contribution is 5.95. The first-order valence-corrected chi connectivity index (χ1v) is 8.14. The number of anilines is 1. The number of carbonyl (C=O) groups is 2. The van der Waals surface area contributed by atoms with E-state index in [1.165, 1.54) is 0 Å². The zero-order valence-electron chi connectivity index (χ0n) is 13.4. The lowest BCUT2D eigenvalue weighted by molar-refractivity contribution is -0.308. The smallest absolute Gasteiger partial charge is 0.253 e. The number of hydrogen-bond donors (Lipinski definition) is 1. The number of carbonyl (C=O) groups excluding carboxylic acids is 2. The molecule has 3 rings (SSSR count). The van der Waals surface area contributed by atoms with Gasteiger partial charge in [0.05, 0.1) is 12.0 Å². The van der Waals surface area contributed by atoms with Crippen LogP contribution in [0.25, 0.3) is 0 Å². The first-order valence-electron chi connectivity index (χ1n) is 8.14. The van der Waals surface area contributed by atoms with Crippen molar-refractivity contribution in [3.8, 4) is 0 Å². The van der Waals surface area contributed by atoms with E-state index in [1.54, 1.807) is 11.0 Å². The molecule has 0 saturated carbocycles. The third-order valence-electron chi connectivity index (χ3n) is 4.91. The van der Waals surface area contributed by atoms with Gasteiger partial charge in [-0.2, -0.15) is 0 Å². The average Bonchev–Trinajstić information content (AvgIpc) is 3.04. The highest BCUT2D eigenvalue weighted by Gasteiger charge is 2.38. The van der Waals surface area contributed by atoms with Gasteiger partial charge in [-0.05, 0) is 49.9 Å². The second kappa shape index (κ2) is 6.07. The fraction of sp³-hybridized carbons (Fsp3) is 0.444. The summed E-state index contributed by atoms with van der Waals surface area (Å²) in [7, 11) is 0. The maximum absolute atomic E-state index is 12.5. The number of aliphatic carboxylic acids is 1. The summed E-state index contributed by atoms with van der Waals surface area (Å²) in [5.74, 6) is -1.08. The first kappa shape index (κ1) is 15.6. The van der Waals surface area contributed by atoms with Crippen molar-refractivity contribution < 1.29 is 14.7 Å². The van der Waals surface area contributed by atoms with Gasteiger partial charge in [0.1, 0.15) is 0 Å². The van der Waals surface area contributed by atoms with Gasteiger partial charge in [0.15, 0.2) is 0 Å². The second-order valence-corrected chi connectivity index (χ2v) is 6.07. The summed E-state index contributed by atoms with van der Waals surface area (Å²) < 4.78 is 0. The molecule has 2 aliphatic rings. The van der Waals surface area contributed by atoms with Crippen molar-refractivity contribution in [2.75, 3.05) is 18.4 Å². The summed E-state index contributed by atoms with van der Waals surface area (Å²) in [5, 5.41) is 14.5. The predicted octanol–water partition coefficient (Wildman–Crippen LogP) is 1.37. The molecule has 1 aromatic carbocycles. The van der Waals surface area contributed by atoms with Crippen LogP contribution in [0.1, 0.15) is 42.1 Å². The van der Waals surface area contributed by atoms with Crippen molar-refractivity contribution in [2.45, 2.75) is 32.2 Å². The monoisotopic (exact) mass is 313 g/mol. The molecule has 1 aliphatic heterocycles. The predicted molar refractivity (Wildman–Crippen MR) is 86.1 cm³/mol. The summed E-state index contributed by atoms with van der Waals surface area (Å²) >= 11 is 0. The van der Waals surface area contributed by atoms with Crippen molar-refractivity contribution in [2.24, 2.45) is 5.92 Å². The molecule has 3 atom stereocenters. The minimum absolute atomic E-state index is 0.0124. The Morgan fingerprint density at radius 2 is 2.04 bits per heavy atom. The van der Waals surface area contributed by atoms with Gasteiger partial charge in [-0.25, -0.2) is 0 Å². The van der Waals surface area contributed by atoms with Gasteiger partial charge in [-0.1, -0.05) is 12.2 Å². The van der Waals surface area contributed by atoms with E-state index in [2.05, 4.69) is 5.32 Å². The molecule has 5 nitrogen and oxygen atoms in total. The lowest BCUT2D eigenvalue weighted by atomic mass is 9.79. The molecular weight excluding hydrogens is 292 g/mol. The molecule has 1 N–H and O–H groups in total. The number of carboxylic acid groups (broad SMARTS) is 1. The Hall–Kier alpha value is -2.30. The Balaban J connectivity index is 1.97. The Morgan fingerprint density at radius 1 is 1.30 bits per heavy atom. The first-order chi connectivity index (χ1) is 11.1. The quantitative estimate of drug-likeness (QED) is 0.852. The van der Waals surface area contributed by atoms with E-state index in [4.69, 9.17) is 0 Å². The van der Waals surface area contributed by atoms with E-state index in [1.807, 2.05) is 38.1 Å². The van der Waals surface area contributed by atoms with Crippen LogP contribution in [0, 0.1) is 5.92 Å². The molecule has 5 heteroatoms. The molecule has 1 heterocycles. The summed E-state index contributed by atoms with van der Waals surface area (Å²) in [6.07, 6.45) is 4.77. The third kappa shape index (κ3) is 2.60. The van der Waals surface area contributed by atoms with Crippen molar-refractivity contribution >= 4 is 17.6 Å². The van der Waals surface area contributed by atoms with Crippen LogP contribution in [-0.2, 0) is 4.79 Å². The van der Waals surface area contributed by atoms with Crippen LogP contribution in [0.15, 0.2) is 30.4 Å². The van der Waals surface area contributed by atoms with Crippen LogP contribution >= 0.6 is 0 Å². The average molecular weight is 313 g/mol. The number of fused-ring (bicyclic) bond motifs is 3. The number of benzene rings is 1. The van der Waals surface area contributed by atoms with Gasteiger partial charge in [0.25, 0.3) is 5.91 Å². The lowest BCUT2D eigenvalue weighted by Crippen LogP contribution is -2.48. The van der Waals surface area contributed by atoms with Crippen molar-refractivity contribution in [3.05, 3.63) is 41.5 Å². The van der Waals surface area contributed by atoms with Crippen LogP contribution < -0.4 is 10.4 Å². The molecule has 0 bridgehead atoms. The summed E-state index contributed by atoms with van der Waals surface area (Å²) in [6, 6.07) is 4.79. The molecule has 0 spiro atoms. The van der Waals surface area contributed by atoms with Crippen molar-refractivity contribution in [1.29, 1.82) is 0 Å². The number of carboxylic acids is 1. The van der Waals surface area contributed by atoms with Gasteiger partial charge in [-0.3, -0.25) is 4.79 Å². The van der Waals surface area contributed by atoms with Crippen LogP contribution in [-0.4, -0.2) is 35.9 Å². The minimum atomic E-state index is -1.07. The topological polar surface area (TPSA) is 72.5 Å². The van der Waals surface area contributed by atoms with Gasteiger partial charge in [-0.15, -0.1) is 0 Å². The molecule has 0 unspecified atom stereocenters. The Bertz CT molecular complexity index is 664. The zero-order valence-corrected chi connectivity index (χ0v) is 13.4. The van der Waals surface area contributed by atoms with E-state index >= 15 is 0 Å². The molecule has 1 aliphatic carbocycles. The van der Waals surface area contributed by atoms with Crippen LogP contribution in [0.5, 0.6) is 0 Å². The number of hydrogen-bond acceptors (Lipinski definition) is 4. The van der Waals surface area contributed by atoms with E-state index in [0.29, 0.717) is 25.1 Å². The lowest BCUT2D eigenvalue weighted by Gasteiger charge is -2.37. The molecule has 23 heavy (non-hydrogen) atoms. The van der Waals surface area contributed by atoms with Crippen LogP contribution in [0.3, 0.4) is 0 Å². The fourth-order valence-electron chi connectivity index (χ4n) is 3.65. The molecule has 0 fully saturated rings. The molecule has 122 valence electrons. The Labute approximate surface area is 136 Å². The second-order valence-electron chi connectivity index (χ2n) is 6.07. The number of amides is 1. The van der Waals surface area contributed by atoms with E-state index in [9.17, 15) is 14.7 Å². The highest BCUT2D eigenvalue weighted by atomic mass is 16.4. The molecule has 0 saturated heterocycles. The highest BCUT2D eigenvalue weighted by Crippen LogP contribution is 2.44. The number of nitrogens with one attached hydrogen (secondary N) is 1. The summed E-state index contributed by atoms with van der Waals surface area (Å²) in [4.78, 5) is 25.7. The van der Waals surface area contributed by atoms with Crippen molar-refractivity contribution in [1.82, 2.24) is 4.90 Å². The normalized spacial score (nSPS) is 24.5. The van der Waals surface area contributed by atoms with Gasteiger partial charge in [0.2, 0.25) is 0 Å². The van der Waals surface area contributed by atoms with Crippen molar-refractivity contribution in [3.63, 3.8) is 0 Å². The van der Waals surface area contributed by atoms with Gasteiger partial charge < -0.3 is 20.1 Å².